The van der Waals surface area contributed by atoms with E-state index in [9.17, 15) is 4.79 Å². The third kappa shape index (κ3) is 1.81. The normalized spacial score (nSPS) is 15.2. The Hall–Kier alpha value is -1.76. The molecular weight excluding hydrogens is 202 g/mol. The second kappa shape index (κ2) is 4.40. The lowest BCUT2D eigenvalue weighted by Gasteiger charge is -2.10. The van der Waals surface area contributed by atoms with Crippen LogP contribution in [-0.2, 0) is 13.0 Å². The number of hydrogen-bond donors (Lipinski definition) is 1. The molecule has 1 aromatic heterocycles. The Morgan fingerprint density at radius 2 is 2.62 bits per heavy atom. The summed E-state index contributed by atoms with van der Waals surface area (Å²) in [7, 11) is 0. The van der Waals surface area contributed by atoms with Gasteiger partial charge in [-0.2, -0.15) is 5.10 Å². The summed E-state index contributed by atoms with van der Waals surface area (Å²) >= 11 is 0. The van der Waals surface area contributed by atoms with Gasteiger partial charge in [-0.3, -0.25) is 9.48 Å². The largest absolute Gasteiger partial charge is 0.338 e. The highest BCUT2D eigenvalue weighted by atomic mass is 16.1. The van der Waals surface area contributed by atoms with Crippen LogP contribution in [0, 0.1) is 12.3 Å². The van der Waals surface area contributed by atoms with Gasteiger partial charge in [0.2, 0.25) is 0 Å². The number of hydrogen-bond acceptors (Lipinski definition) is 2. The first-order valence-corrected chi connectivity index (χ1v) is 5.58. The molecule has 84 valence electrons. The summed E-state index contributed by atoms with van der Waals surface area (Å²) in [5.74, 6) is 2.45. The van der Waals surface area contributed by atoms with Gasteiger partial charge >= 0.3 is 0 Å². The van der Waals surface area contributed by atoms with Crippen LogP contribution >= 0.6 is 0 Å². The maximum absolute atomic E-state index is 11.9. The molecule has 0 radical (unpaired) electrons. The van der Waals surface area contributed by atoms with Gasteiger partial charge in [-0.05, 0) is 19.3 Å². The van der Waals surface area contributed by atoms with Crippen LogP contribution in [0.15, 0.2) is 6.20 Å². The molecule has 4 heteroatoms. The molecule has 1 aliphatic rings. The molecule has 0 fully saturated rings. The quantitative estimate of drug-likeness (QED) is 0.767. The summed E-state index contributed by atoms with van der Waals surface area (Å²) < 4.78 is 1.89. The van der Waals surface area contributed by atoms with Gasteiger partial charge in [0.05, 0.1) is 23.5 Å². The molecule has 0 saturated heterocycles. The molecule has 2 heterocycles. The van der Waals surface area contributed by atoms with E-state index in [2.05, 4.69) is 16.3 Å². The second-order valence-corrected chi connectivity index (χ2v) is 3.93. The number of terminal acetylenes is 1. The number of nitrogens with zero attached hydrogens (tertiary/aromatic N) is 2. The molecule has 0 bridgehead atoms. The fourth-order valence-electron chi connectivity index (χ4n) is 1.95. The van der Waals surface area contributed by atoms with E-state index in [4.69, 9.17) is 6.42 Å². The van der Waals surface area contributed by atoms with Crippen molar-refractivity contribution < 1.29 is 4.79 Å². The van der Waals surface area contributed by atoms with Crippen molar-refractivity contribution in [3.8, 4) is 12.3 Å². The van der Waals surface area contributed by atoms with Gasteiger partial charge < -0.3 is 5.32 Å². The van der Waals surface area contributed by atoms with E-state index in [0.717, 1.165) is 31.5 Å². The molecule has 0 aromatic carbocycles. The zero-order valence-electron chi connectivity index (χ0n) is 9.36. The summed E-state index contributed by atoms with van der Waals surface area (Å²) in [5.41, 5.74) is 1.70. The van der Waals surface area contributed by atoms with Crippen LogP contribution < -0.4 is 5.32 Å². The number of fused-ring (bicyclic) bond motifs is 1. The minimum atomic E-state index is -0.190. The molecule has 16 heavy (non-hydrogen) atoms. The molecule has 1 amide bonds. The zero-order chi connectivity index (χ0) is 11.5. The Labute approximate surface area is 95.0 Å². The van der Waals surface area contributed by atoms with Gasteiger partial charge in [0.1, 0.15) is 0 Å². The van der Waals surface area contributed by atoms with Crippen molar-refractivity contribution in [3.05, 3.63) is 17.5 Å². The summed E-state index contributed by atoms with van der Waals surface area (Å²) in [6.45, 7) is 2.86. The van der Waals surface area contributed by atoms with E-state index in [0.29, 0.717) is 5.56 Å². The van der Waals surface area contributed by atoms with Crippen LogP contribution in [0.3, 0.4) is 0 Å². The van der Waals surface area contributed by atoms with E-state index in [1.54, 1.807) is 6.20 Å². The summed E-state index contributed by atoms with van der Waals surface area (Å²) in [6, 6.07) is -0.190. The number of carbonyl (C=O) groups is 1. The van der Waals surface area contributed by atoms with Gasteiger partial charge in [0.25, 0.3) is 5.91 Å². The lowest BCUT2D eigenvalue weighted by molar-refractivity contribution is 0.0944. The smallest absolute Gasteiger partial charge is 0.255 e. The van der Waals surface area contributed by atoms with Crippen molar-refractivity contribution in [3.63, 3.8) is 0 Å². The van der Waals surface area contributed by atoms with Gasteiger partial charge in [-0.1, -0.05) is 12.8 Å². The van der Waals surface area contributed by atoms with Crippen molar-refractivity contribution in [1.29, 1.82) is 0 Å². The minimum Gasteiger partial charge on any atom is -0.338 e. The number of rotatable bonds is 3. The van der Waals surface area contributed by atoms with Crippen molar-refractivity contribution >= 4 is 5.91 Å². The van der Waals surface area contributed by atoms with Crippen LogP contribution in [0.5, 0.6) is 0 Å². The van der Waals surface area contributed by atoms with E-state index in [1.807, 2.05) is 11.6 Å². The Kier molecular flexibility index (Phi) is 2.95. The molecule has 4 nitrogen and oxygen atoms in total. The average molecular weight is 217 g/mol. The molecule has 2 rings (SSSR count). The number of aryl methyl sites for hydroxylation is 1. The lowest BCUT2D eigenvalue weighted by atomic mass is 10.1. The number of nitrogens with one attached hydrogen (secondary N) is 1. The maximum atomic E-state index is 11.9. The Bertz CT molecular complexity index is 442. The van der Waals surface area contributed by atoms with Gasteiger partial charge in [0.15, 0.2) is 0 Å². The highest BCUT2D eigenvalue weighted by molar-refractivity contribution is 5.95. The summed E-state index contributed by atoms with van der Waals surface area (Å²) in [4.78, 5) is 11.9. The van der Waals surface area contributed by atoms with Crippen molar-refractivity contribution in [1.82, 2.24) is 15.1 Å². The number of aromatic nitrogens is 2. The maximum Gasteiger partial charge on any atom is 0.255 e. The monoisotopic (exact) mass is 217 g/mol. The van der Waals surface area contributed by atoms with E-state index in [1.165, 1.54) is 0 Å². The van der Waals surface area contributed by atoms with Crippen LogP contribution in [0.25, 0.3) is 0 Å². The zero-order valence-corrected chi connectivity index (χ0v) is 9.36. The molecule has 1 aromatic rings. The van der Waals surface area contributed by atoms with Crippen LogP contribution in [0.4, 0.5) is 0 Å². The third-order valence-corrected chi connectivity index (χ3v) is 2.89. The molecule has 0 saturated carbocycles. The van der Waals surface area contributed by atoms with Crippen LogP contribution in [0.1, 0.15) is 35.8 Å². The molecule has 1 atom stereocenters. The molecule has 0 unspecified atom stereocenters. The lowest BCUT2D eigenvalue weighted by Crippen LogP contribution is -2.33. The molecule has 1 aliphatic heterocycles. The first-order valence-electron chi connectivity index (χ1n) is 5.58. The highest BCUT2D eigenvalue weighted by Crippen LogP contribution is 2.18. The van der Waals surface area contributed by atoms with E-state index in [-0.39, 0.29) is 11.9 Å². The topological polar surface area (TPSA) is 46.9 Å². The van der Waals surface area contributed by atoms with E-state index < -0.39 is 0 Å². The Balaban J connectivity index is 2.13. The molecule has 1 N–H and O–H groups in total. The average Bonchev–Trinajstić information content (AvgIpc) is 2.86. The summed E-state index contributed by atoms with van der Waals surface area (Å²) in [6.07, 6.45) is 9.68. The number of carbonyl (C=O) groups excluding carboxylic acids is 1. The SMILES string of the molecule is C#C[C@H](CC)NC(=O)c1cnn2c1CCC2. The van der Waals surface area contributed by atoms with Crippen molar-refractivity contribution in [2.75, 3.05) is 0 Å². The Morgan fingerprint density at radius 3 is 3.31 bits per heavy atom. The fourth-order valence-corrected chi connectivity index (χ4v) is 1.95. The molecule has 0 aliphatic carbocycles. The molecule has 0 spiro atoms. The van der Waals surface area contributed by atoms with Crippen LogP contribution in [-0.4, -0.2) is 21.7 Å². The minimum absolute atomic E-state index is 0.104. The van der Waals surface area contributed by atoms with E-state index >= 15 is 0 Å². The van der Waals surface area contributed by atoms with Gasteiger partial charge in [0, 0.05) is 6.54 Å². The third-order valence-electron chi connectivity index (χ3n) is 2.89. The first-order chi connectivity index (χ1) is 7.76. The van der Waals surface area contributed by atoms with Crippen LogP contribution in [0.2, 0.25) is 0 Å². The summed E-state index contributed by atoms with van der Waals surface area (Å²) in [5, 5.41) is 7.00. The van der Waals surface area contributed by atoms with Gasteiger partial charge in [-0.25, -0.2) is 0 Å². The predicted octanol–water partition coefficient (Wildman–Crippen LogP) is 0.971. The van der Waals surface area contributed by atoms with Gasteiger partial charge in [-0.15, -0.1) is 6.42 Å². The number of amides is 1. The second-order valence-electron chi connectivity index (χ2n) is 3.93. The highest BCUT2D eigenvalue weighted by Gasteiger charge is 2.21. The Morgan fingerprint density at radius 1 is 1.81 bits per heavy atom. The fraction of sp³-hybridized carbons (Fsp3) is 0.500. The van der Waals surface area contributed by atoms with Crippen molar-refractivity contribution in [2.45, 2.75) is 38.8 Å². The first kappa shape index (κ1) is 10.7. The van der Waals surface area contributed by atoms with Crippen molar-refractivity contribution in [2.24, 2.45) is 0 Å². The predicted molar refractivity (Wildman–Crippen MR) is 60.9 cm³/mol. The molecular formula is C12H15N3O. The standard InChI is InChI=1S/C12H15N3O/c1-3-9(4-2)14-12(16)10-8-13-15-7-5-6-11(10)15/h1,8-9H,4-7H2,2H3,(H,14,16)/t9-/m1/s1.